The van der Waals surface area contributed by atoms with Gasteiger partial charge in [0.2, 0.25) is 15.9 Å². The highest BCUT2D eigenvalue weighted by Crippen LogP contribution is 2.26. The van der Waals surface area contributed by atoms with Crippen LogP contribution in [0.25, 0.3) is 0 Å². The molecule has 36 heavy (non-hydrogen) atoms. The average Bonchev–Trinajstić information content (AvgIpc) is 2.81. The molecule has 0 aliphatic rings. The van der Waals surface area contributed by atoms with E-state index in [1.807, 2.05) is 32.0 Å². The zero-order valence-corrected chi connectivity index (χ0v) is 22.3. The van der Waals surface area contributed by atoms with Crippen LogP contribution in [-0.4, -0.2) is 42.2 Å². The Morgan fingerprint density at radius 1 is 0.889 bits per heavy atom. The van der Waals surface area contributed by atoms with E-state index >= 15 is 0 Å². The highest BCUT2D eigenvalue weighted by Gasteiger charge is 2.29. The quantitative estimate of drug-likeness (QED) is 0.432. The Balaban J connectivity index is 1.78. The number of rotatable bonds is 9. The van der Waals surface area contributed by atoms with Gasteiger partial charge in [-0.15, -0.1) is 0 Å². The largest absolute Gasteiger partial charge is 0.497 e. The number of amides is 1. The molecular weight excluding hydrogens is 502 g/mol. The van der Waals surface area contributed by atoms with E-state index in [1.54, 1.807) is 24.3 Å². The Labute approximate surface area is 212 Å². The van der Waals surface area contributed by atoms with Crippen molar-refractivity contribution in [2.24, 2.45) is 0 Å². The van der Waals surface area contributed by atoms with Crippen molar-refractivity contribution in [3.63, 3.8) is 0 Å². The maximum Gasteiger partial charge on any atom is 0.261 e. The van der Waals surface area contributed by atoms with Crippen LogP contribution in [0, 0.1) is 13.8 Å². The molecule has 0 aliphatic carbocycles. The lowest BCUT2D eigenvalue weighted by Crippen LogP contribution is -2.45. The fourth-order valence-electron chi connectivity index (χ4n) is 3.67. The lowest BCUT2D eigenvalue weighted by atomic mass is 10.1. The monoisotopic (exact) mass is 531 g/mol. The molecule has 2 N–H and O–H groups in total. The standard InChI is InChI=1S/C25H29N3O6S2/c1-17-7-6-8-18(2)24(17)27-36(32,33)23-15-9-20(10-16-23)26-25(29)19(3)28(35(5,30)31)21-11-13-22(34-4)14-12-21/h6-16,19,27H,1-5H3,(H,26,29)/t19-/m0/s1. The number of carbonyl (C=O) groups is 1. The summed E-state index contributed by atoms with van der Waals surface area (Å²) in [5.74, 6) is -0.0352. The summed E-state index contributed by atoms with van der Waals surface area (Å²) in [6.07, 6.45) is 1.02. The second-order valence-electron chi connectivity index (χ2n) is 8.32. The predicted octanol–water partition coefficient (Wildman–Crippen LogP) is 3.91. The average molecular weight is 532 g/mol. The van der Waals surface area contributed by atoms with Crippen molar-refractivity contribution >= 4 is 43.0 Å². The van der Waals surface area contributed by atoms with E-state index in [1.165, 1.54) is 38.3 Å². The zero-order chi connectivity index (χ0) is 26.7. The Bertz CT molecular complexity index is 1430. The van der Waals surface area contributed by atoms with Gasteiger partial charge in [0.05, 0.1) is 29.6 Å². The number of methoxy groups -OCH3 is 1. The van der Waals surface area contributed by atoms with Crippen molar-refractivity contribution in [2.45, 2.75) is 31.7 Å². The summed E-state index contributed by atoms with van der Waals surface area (Å²) in [6, 6.07) is 16.3. The van der Waals surface area contributed by atoms with Gasteiger partial charge in [0.25, 0.3) is 10.0 Å². The lowest BCUT2D eigenvalue weighted by Gasteiger charge is -2.28. The van der Waals surface area contributed by atoms with Crippen molar-refractivity contribution in [2.75, 3.05) is 27.7 Å². The van der Waals surface area contributed by atoms with Crippen LogP contribution in [0.5, 0.6) is 5.75 Å². The fourth-order valence-corrected chi connectivity index (χ4v) is 6.05. The number of nitrogens with zero attached hydrogens (tertiary/aromatic N) is 1. The Morgan fingerprint density at radius 3 is 1.94 bits per heavy atom. The van der Waals surface area contributed by atoms with Crippen molar-refractivity contribution in [3.8, 4) is 5.75 Å². The van der Waals surface area contributed by atoms with Gasteiger partial charge in [-0.3, -0.25) is 13.8 Å². The number of aryl methyl sites for hydroxylation is 2. The Kier molecular flexibility index (Phi) is 7.95. The van der Waals surface area contributed by atoms with E-state index in [4.69, 9.17) is 4.74 Å². The van der Waals surface area contributed by atoms with Crippen molar-refractivity contribution in [1.82, 2.24) is 0 Å². The molecule has 0 bridgehead atoms. The van der Waals surface area contributed by atoms with Gasteiger partial charge in [0, 0.05) is 5.69 Å². The molecule has 1 amide bonds. The first-order chi connectivity index (χ1) is 16.8. The second-order valence-corrected chi connectivity index (χ2v) is 11.9. The molecule has 0 aliphatic heterocycles. The third kappa shape index (κ3) is 6.16. The van der Waals surface area contributed by atoms with Crippen LogP contribution in [0.2, 0.25) is 0 Å². The van der Waals surface area contributed by atoms with Crippen LogP contribution in [0.1, 0.15) is 18.1 Å². The number of sulfonamides is 2. The highest BCUT2D eigenvalue weighted by molar-refractivity contribution is 7.92. The summed E-state index contributed by atoms with van der Waals surface area (Å²) >= 11 is 0. The minimum atomic E-state index is -3.85. The van der Waals surface area contributed by atoms with Gasteiger partial charge in [-0.25, -0.2) is 16.8 Å². The molecule has 9 nitrogen and oxygen atoms in total. The number of benzene rings is 3. The number of nitrogens with one attached hydrogen (secondary N) is 2. The third-order valence-corrected chi connectivity index (χ3v) is 8.17. The molecule has 3 aromatic rings. The first-order valence-electron chi connectivity index (χ1n) is 11.0. The minimum absolute atomic E-state index is 0.0206. The number of hydrogen-bond donors (Lipinski definition) is 2. The number of hydrogen-bond acceptors (Lipinski definition) is 6. The molecule has 0 aromatic heterocycles. The molecule has 0 saturated heterocycles. The second kappa shape index (κ2) is 10.6. The molecule has 0 unspecified atom stereocenters. The molecule has 0 saturated carbocycles. The summed E-state index contributed by atoms with van der Waals surface area (Å²) in [4.78, 5) is 12.9. The van der Waals surface area contributed by atoms with E-state index in [-0.39, 0.29) is 4.90 Å². The molecule has 3 aromatic carbocycles. The summed E-state index contributed by atoms with van der Waals surface area (Å²) in [6.45, 7) is 5.10. The van der Waals surface area contributed by atoms with E-state index in [0.717, 1.165) is 21.7 Å². The van der Waals surface area contributed by atoms with Crippen LogP contribution in [0.3, 0.4) is 0 Å². The van der Waals surface area contributed by atoms with E-state index in [0.29, 0.717) is 22.8 Å². The smallest absolute Gasteiger partial charge is 0.261 e. The van der Waals surface area contributed by atoms with Gasteiger partial charge in [-0.1, -0.05) is 18.2 Å². The van der Waals surface area contributed by atoms with E-state index in [9.17, 15) is 21.6 Å². The molecule has 3 rings (SSSR count). The van der Waals surface area contributed by atoms with Crippen molar-refractivity contribution in [1.29, 1.82) is 0 Å². The van der Waals surface area contributed by atoms with Crippen LogP contribution < -0.4 is 19.1 Å². The number of anilines is 3. The maximum atomic E-state index is 12.9. The van der Waals surface area contributed by atoms with Crippen molar-refractivity contribution < 1.29 is 26.4 Å². The molecule has 0 spiro atoms. The Hall–Kier alpha value is -3.57. The van der Waals surface area contributed by atoms with Crippen LogP contribution in [0.15, 0.2) is 71.6 Å². The third-order valence-electron chi connectivity index (χ3n) is 5.57. The van der Waals surface area contributed by atoms with E-state index < -0.39 is 32.0 Å². The molecule has 0 fully saturated rings. The highest BCUT2D eigenvalue weighted by atomic mass is 32.2. The molecule has 11 heteroatoms. The topological polar surface area (TPSA) is 122 Å². The zero-order valence-electron chi connectivity index (χ0n) is 20.6. The van der Waals surface area contributed by atoms with Gasteiger partial charge in [0.1, 0.15) is 11.8 Å². The van der Waals surface area contributed by atoms with Crippen molar-refractivity contribution in [3.05, 3.63) is 77.9 Å². The molecule has 0 radical (unpaired) electrons. The van der Waals surface area contributed by atoms with Gasteiger partial charge < -0.3 is 10.1 Å². The summed E-state index contributed by atoms with van der Waals surface area (Å²) in [7, 11) is -6.15. The maximum absolute atomic E-state index is 12.9. The molecule has 192 valence electrons. The number of ether oxygens (including phenoxy) is 1. The van der Waals surface area contributed by atoms with Crippen LogP contribution in [-0.2, 0) is 24.8 Å². The van der Waals surface area contributed by atoms with Gasteiger partial charge in [-0.05, 0) is 80.4 Å². The van der Waals surface area contributed by atoms with Crippen LogP contribution >= 0.6 is 0 Å². The van der Waals surface area contributed by atoms with E-state index in [2.05, 4.69) is 10.0 Å². The van der Waals surface area contributed by atoms with Gasteiger partial charge in [-0.2, -0.15) is 0 Å². The molecular formula is C25H29N3O6S2. The SMILES string of the molecule is COc1ccc(N([C@@H](C)C(=O)Nc2ccc(S(=O)(=O)Nc3c(C)cccc3C)cc2)S(C)(=O)=O)cc1. The minimum Gasteiger partial charge on any atom is -0.497 e. The normalized spacial score (nSPS) is 12.5. The fraction of sp³-hybridized carbons (Fsp3) is 0.240. The van der Waals surface area contributed by atoms with Crippen LogP contribution in [0.4, 0.5) is 17.1 Å². The first-order valence-corrected chi connectivity index (χ1v) is 14.3. The summed E-state index contributed by atoms with van der Waals surface area (Å²) < 4.78 is 59.4. The summed E-state index contributed by atoms with van der Waals surface area (Å²) in [5.41, 5.74) is 2.73. The molecule has 1 atom stereocenters. The Morgan fingerprint density at radius 2 is 1.44 bits per heavy atom. The number of carbonyl (C=O) groups excluding carboxylic acids is 1. The first kappa shape index (κ1) is 27.0. The molecule has 0 heterocycles. The van der Waals surface area contributed by atoms with Gasteiger partial charge >= 0.3 is 0 Å². The lowest BCUT2D eigenvalue weighted by molar-refractivity contribution is -0.116. The predicted molar refractivity (Wildman–Crippen MR) is 142 cm³/mol. The summed E-state index contributed by atoms with van der Waals surface area (Å²) in [5, 5.41) is 2.65. The number of para-hydroxylation sites is 1. The van der Waals surface area contributed by atoms with Gasteiger partial charge in [0.15, 0.2) is 0 Å².